The lowest BCUT2D eigenvalue weighted by Gasteiger charge is -2.04. The second-order valence-corrected chi connectivity index (χ2v) is 6.03. The average Bonchev–Trinajstić information content (AvgIpc) is 2.25. The number of rotatable bonds is 6. The van der Waals surface area contributed by atoms with E-state index in [4.69, 9.17) is 0 Å². The smallest absolute Gasteiger partial charge is 0.178 e. The SMILES string of the molecule is C=CCCCCS(=O)(=O)c1ccc(C)cc1. The first-order valence-electron chi connectivity index (χ1n) is 5.46. The fraction of sp³-hybridized carbons (Fsp3) is 0.385. The Balaban J connectivity index is 2.63. The molecule has 2 nitrogen and oxygen atoms in total. The fourth-order valence-electron chi connectivity index (χ4n) is 1.44. The summed E-state index contributed by atoms with van der Waals surface area (Å²) >= 11 is 0. The van der Waals surface area contributed by atoms with Gasteiger partial charge in [0, 0.05) is 0 Å². The molecule has 0 atom stereocenters. The molecule has 88 valence electrons. The van der Waals surface area contributed by atoms with Gasteiger partial charge < -0.3 is 0 Å². The van der Waals surface area contributed by atoms with Gasteiger partial charge in [-0.1, -0.05) is 23.8 Å². The molecule has 0 aliphatic carbocycles. The Labute approximate surface area is 97.9 Å². The highest BCUT2D eigenvalue weighted by atomic mass is 32.2. The van der Waals surface area contributed by atoms with Crippen molar-refractivity contribution < 1.29 is 8.42 Å². The lowest BCUT2D eigenvalue weighted by molar-refractivity contribution is 0.591. The average molecular weight is 238 g/mol. The van der Waals surface area contributed by atoms with Gasteiger partial charge in [0.25, 0.3) is 0 Å². The normalized spacial score (nSPS) is 11.3. The number of sulfone groups is 1. The first kappa shape index (κ1) is 13.0. The number of hydrogen-bond donors (Lipinski definition) is 0. The van der Waals surface area contributed by atoms with Gasteiger partial charge in [0.05, 0.1) is 10.6 Å². The summed E-state index contributed by atoms with van der Waals surface area (Å²) in [5.41, 5.74) is 1.07. The van der Waals surface area contributed by atoms with Gasteiger partial charge in [-0.15, -0.1) is 6.58 Å². The Hall–Kier alpha value is -1.09. The van der Waals surface area contributed by atoms with Crippen molar-refractivity contribution in [1.82, 2.24) is 0 Å². The van der Waals surface area contributed by atoms with Crippen LogP contribution in [0.15, 0.2) is 41.8 Å². The van der Waals surface area contributed by atoms with E-state index in [9.17, 15) is 8.42 Å². The summed E-state index contributed by atoms with van der Waals surface area (Å²) in [6, 6.07) is 7.02. The highest BCUT2D eigenvalue weighted by molar-refractivity contribution is 7.91. The molecule has 0 radical (unpaired) electrons. The summed E-state index contributed by atoms with van der Waals surface area (Å²) < 4.78 is 23.8. The van der Waals surface area contributed by atoms with Gasteiger partial charge in [-0.2, -0.15) is 0 Å². The fourth-order valence-corrected chi connectivity index (χ4v) is 2.81. The third-order valence-electron chi connectivity index (χ3n) is 2.45. The molecule has 0 fully saturated rings. The molecule has 0 spiro atoms. The maximum Gasteiger partial charge on any atom is 0.178 e. The van der Waals surface area contributed by atoms with Crippen molar-refractivity contribution in [3.05, 3.63) is 42.5 Å². The lowest BCUT2D eigenvalue weighted by Crippen LogP contribution is -2.06. The van der Waals surface area contributed by atoms with Crippen molar-refractivity contribution in [2.45, 2.75) is 31.1 Å². The molecule has 0 amide bonds. The standard InChI is InChI=1S/C13H18O2S/c1-3-4-5-6-11-16(14,15)13-9-7-12(2)8-10-13/h3,7-10H,1,4-6,11H2,2H3. The maximum absolute atomic E-state index is 11.9. The van der Waals surface area contributed by atoms with Crippen LogP contribution in [-0.2, 0) is 9.84 Å². The Morgan fingerprint density at radius 3 is 2.38 bits per heavy atom. The molecule has 0 N–H and O–H groups in total. The van der Waals surface area contributed by atoms with Crippen molar-refractivity contribution in [3.8, 4) is 0 Å². The van der Waals surface area contributed by atoms with Crippen LogP contribution in [0.3, 0.4) is 0 Å². The van der Waals surface area contributed by atoms with E-state index in [1.165, 1.54) is 0 Å². The van der Waals surface area contributed by atoms with Gasteiger partial charge in [-0.25, -0.2) is 8.42 Å². The summed E-state index contributed by atoms with van der Waals surface area (Å²) in [5, 5.41) is 0. The van der Waals surface area contributed by atoms with E-state index < -0.39 is 9.84 Å². The Morgan fingerprint density at radius 2 is 1.81 bits per heavy atom. The molecule has 0 saturated carbocycles. The Kier molecular flexibility index (Phi) is 4.74. The highest BCUT2D eigenvalue weighted by Gasteiger charge is 2.12. The first-order valence-corrected chi connectivity index (χ1v) is 7.12. The van der Waals surface area contributed by atoms with E-state index in [0.29, 0.717) is 11.3 Å². The zero-order valence-electron chi connectivity index (χ0n) is 9.65. The van der Waals surface area contributed by atoms with E-state index in [0.717, 1.165) is 18.4 Å². The first-order chi connectivity index (χ1) is 7.56. The van der Waals surface area contributed by atoms with Crippen LogP contribution in [0, 0.1) is 6.92 Å². The zero-order valence-corrected chi connectivity index (χ0v) is 10.5. The molecular weight excluding hydrogens is 220 g/mol. The molecule has 1 rings (SSSR count). The van der Waals surface area contributed by atoms with E-state index in [2.05, 4.69) is 6.58 Å². The predicted molar refractivity (Wildman–Crippen MR) is 67.3 cm³/mol. The Morgan fingerprint density at radius 1 is 1.19 bits per heavy atom. The van der Waals surface area contributed by atoms with Crippen molar-refractivity contribution in [1.29, 1.82) is 0 Å². The summed E-state index contributed by atoms with van der Waals surface area (Å²) in [7, 11) is -3.09. The van der Waals surface area contributed by atoms with Crippen LogP contribution < -0.4 is 0 Å². The minimum Gasteiger partial charge on any atom is -0.224 e. The van der Waals surface area contributed by atoms with Gasteiger partial charge in [0.2, 0.25) is 0 Å². The number of allylic oxidation sites excluding steroid dienone is 1. The second-order valence-electron chi connectivity index (χ2n) is 3.92. The molecule has 0 saturated heterocycles. The number of benzene rings is 1. The molecule has 0 bridgehead atoms. The van der Waals surface area contributed by atoms with Crippen LogP contribution in [0.25, 0.3) is 0 Å². The summed E-state index contributed by atoms with van der Waals surface area (Å²) in [4.78, 5) is 0.428. The van der Waals surface area contributed by atoms with Crippen LogP contribution in [0.5, 0.6) is 0 Å². The molecule has 0 unspecified atom stereocenters. The number of unbranched alkanes of at least 4 members (excludes halogenated alkanes) is 2. The third-order valence-corrected chi connectivity index (χ3v) is 4.27. The highest BCUT2D eigenvalue weighted by Crippen LogP contribution is 2.14. The molecule has 0 aliphatic heterocycles. The summed E-state index contributed by atoms with van der Waals surface area (Å²) in [6.45, 7) is 5.56. The summed E-state index contributed by atoms with van der Waals surface area (Å²) in [6.07, 6.45) is 4.28. The van der Waals surface area contributed by atoms with Crippen molar-refractivity contribution in [2.24, 2.45) is 0 Å². The van der Waals surface area contributed by atoms with Crippen LogP contribution >= 0.6 is 0 Å². The van der Waals surface area contributed by atoms with Crippen LogP contribution in [0.2, 0.25) is 0 Å². The van der Waals surface area contributed by atoms with Gasteiger partial charge in [0.15, 0.2) is 9.84 Å². The minimum absolute atomic E-state index is 0.226. The molecule has 0 heterocycles. The molecule has 3 heteroatoms. The second kappa shape index (κ2) is 5.85. The molecule has 1 aromatic rings. The van der Waals surface area contributed by atoms with Crippen LogP contribution in [-0.4, -0.2) is 14.2 Å². The van der Waals surface area contributed by atoms with E-state index in [-0.39, 0.29) is 5.75 Å². The van der Waals surface area contributed by atoms with Gasteiger partial charge in [-0.3, -0.25) is 0 Å². The van der Waals surface area contributed by atoms with Crippen LogP contribution in [0.4, 0.5) is 0 Å². The van der Waals surface area contributed by atoms with Crippen LogP contribution in [0.1, 0.15) is 24.8 Å². The Bertz CT molecular complexity index is 430. The summed E-state index contributed by atoms with van der Waals surface area (Å²) in [5.74, 6) is 0.226. The van der Waals surface area contributed by atoms with Crippen molar-refractivity contribution in [3.63, 3.8) is 0 Å². The van der Waals surface area contributed by atoms with E-state index in [1.54, 1.807) is 12.1 Å². The largest absolute Gasteiger partial charge is 0.224 e. The quantitative estimate of drug-likeness (QED) is 0.563. The molecule has 0 aromatic heterocycles. The zero-order chi connectivity index (χ0) is 12.0. The van der Waals surface area contributed by atoms with Crippen molar-refractivity contribution >= 4 is 9.84 Å². The topological polar surface area (TPSA) is 34.1 Å². The van der Waals surface area contributed by atoms with Gasteiger partial charge in [0.1, 0.15) is 0 Å². The molecule has 16 heavy (non-hydrogen) atoms. The number of aryl methyl sites for hydroxylation is 1. The van der Waals surface area contributed by atoms with Gasteiger partial charge in [-0.05, 0) is 38.3 Å². The maximum atomic E-state index is 11.9. The van der Waals surface area contributed by atoms with E-state index in [1.807, 2.05) is 25.1 Å². The molecular formula is C13H18O2S. The van der Waals surface area contributed by atoms with Crippen molar-refractivity contribution in [2.75, 3.05) is 5.75 Å². The molecule has 1 aromatic carbocycles. The third kappa shape index (κ3) is 3.81. The monoisotopic (exact) mass is 238 g/mol. The number of hydrogen-bond acceptors (Lipinski definition) is 2. The van der Waals surface area contributed by atoms with E-state index >= 15 is 0 Å². The minimum atomic E-state index is -3.09. The molecule has 0 aliphatic rings. The predicted octanol–water partition coefficient (Wildman–Crippen LogP) is 3.13. The van der Waals surface area contributed by atoms with Gasteiger partial charge >= 0.3 is 0 Å². The lowest BCUT2D eigenvalue weighted by atomic mass is 10.2.